The molecular weight excluding hydrogens is 246 g/mol. The van der Waals surface area contributed by atoms with Crippen LogP contribution >= 0.6 is 0 Å². The minimum atomic E-state index is 0.400. The number of Topliss-reactive ketones (excluding diaryl/α,β-unsaturated/α-hetero) is 1. The van der Waals surface area contributed by atoms with E-state index in [1.807, 2.05) is 0 Å². The Bertz CT molecular complexity index is 524. The van der Waals surface area contributed by atoms with Crippen LogP contribution in [0.15, 0.2) is 24.3 Å². The first-order valence-corrected chi connectivity index (χ1v) is 8.14. The van der Waals surface area contributed by atoms with Crippen molar-refractivity contribution in [3.05, 3.63) is 29.8 Å². The first-order valence-electron chi connectivity index (χ1n) is 8.14. The number of hydrogen-bond acceptors (Lipinski definition) is 2. The maximum Gasteiger partial charge on any atom is 0.133 e. The summed E-state index contributed by atoms with van der Waals surface area (Å²) in [6, 6.07) is 8.44. The number of hydrogen-bond donors (Lipinski definition) is 1. The second-order valence-corrected chi connectivity index (χ2v) is 7.05. The normalized spacial score (nSPS) is 34.0. The Labute approximate surface area is 121 Å². The molecule has 2 fully saturated rings. The van der Waals surface area contributed by atoms with Crippen LogP contribution < -0.4 is 5.32 Å². The van der Waals surface area contributed by atoms with E-state index < -0.39 is 0 Å². The van der Waals surface area contributed by atoms with E-state index in [1.165, 1.54) is 36.9 Å². The monoisotopic (exact) mass is 269 g/mol. The van der Waals surface area contributed by atoms with Gasteiger partial charge in [0.15, 0.2) is 0 Å². The van der Waals surface area contributed by atoms with Gasteiger partial charge >= 0.3 is 0 Å². The number of anilines is 1. The van der Waals surface area contributed by atoms with Crippen molar-refractivity contribution in [2.45, 2.75) is 44.4 Å². The van der Waals surface area contributed by atoms with Gasteiger partial charge < -0.3 is 5.32 Å². The average molecular weight is 269 g/mol. The number of ketones is 1. The standard InChI is InChI=1S/C18H23NO/c20-16(9-14-8-12-5-6-13(14)7-12)10-15-11-19-18-4-2-1-3-17(15)18/h1-4,12-15,19H,5-11H2. The second-order valence-electron chi connectivity index (χ2n) is 7.05. The summed E-state index contributed by atoms with van der Waals surface area (Å²) in [5.41, 5.74) is 2.57. The van der Waals surface area contributed by atoms with Gasteiger partial charge in [0, 0.05) is 31.0 Å². The van der Waals surface area contributed by atoms with E-state index in [2.05, 4.69) is 29.6 Å². The summed E-state index contributed by atoms with van der Waals surface area (Å²) in [6.45, 7) is 0.932. The van der Waals surface area contributed by atoms with Gasteiger partial charge in [0.1, 0.15) is 5.78 Å². The predicted octanol–water partition coefficient (Wildman–Crippen LogP) is 3.98. The molecule has 1 aromatic carbocycles. The lowest BCUT2D eigenvalue weighted by atomic mass is 9.83. The van der Waals surface area contributed by atoms with Crippen molar-refractivity contribution in [1.29, 1.82) is 0 Å². The fourth-order valence-corrected chi connectivity index (χ4v) is 4.82. The molecule has 2 bridgehead atoms. The molecule has 1 heterocycles. The van der Waals surface area contributed by atoms with Crippen LogP contribution in [0.25, 0.3) is 0 Å². The van der Waals surface area contributed by atoms with Gasteiger partial charge in [-0.1, -0.05) is 24.6 Å². The Morgan fingerprint density at radius 3 is 2.85 bits per heavy atom. The van der Waals surface area contributed by atoms with Crippen molar-refractivity contribution in [3.8, 4) is 0 Å². The van der Waals surface area contributed by atoms with Gasteiger partial charge in [-0.15, -0.1) is 0 Å². The highest BCUT2D eigenvalue weighted by molar-refractivity contribution is 5.80. The molecule has 2 nitrogen and oxygen atoms in total. The molecule has 1 aromatic rings. The molecule has 1 N–H and O–H groups in total. The Balaban J connectivity index is 1.37. The highest BCUT2D eigenvalue weighted by Gasteiger charge is 2.40. The molecule has 3 aliphatic rings. The van der Waals surface area contributed by atoms with Crippen LogP contribution in [-0.4, -0.2) is 12.3 Å². The Hall–Kier alpha value is -1.31. The van der Waals surface area contributed by atoms with Crippen molar-refractivity contribution in [2.75, 3.05) is 11.9 Å². The van der Waals surface area contributed by atoms with Crippen molar-refractivity contribution in [3.63, 3.8) is 0 Å². The molecule has 1 aliphatic heterocycles. The topological polar surface area (TPSA) is 29.1 Å². The summed E-state index contributed by atoms with van der Waals surface area (Å²) in [7, 11) is 0. The molecule has 0 spiro atoms. The van der Waals surface area contributed by atoms with E-state index in [-0.39, 0.29) is 0 Å². The lowest BCUT2D eigenvalue weighted by Crippen LogP contribution is -2.17. The lowest BCUT2D eigenvalue weighted by molar-refractivity contribution is -0.120. The van der Waals surface area contributed by atoms with Gasteiger partial charge in [0.2, 0.25) is 0 Å². The van der Waals surface area contributed by atoms with E-state index in [4.69, 9.17) is 0 Å². The molecule has 20 heavy (non-hydrogen) atoms. The molecular formula is C18H23NO. The highest BCUT2D eigenvalue weighted by atomic mass is 16.1. The molecule has 0 aromatic heterocycles. The van der Waals surface area contributed by atoms with Gasteiger partial charge in [0.05, 0.1) is 0 Å². The number of carbonyl (C=O) groups excluding carboxylic acids is 1. The van der Waals surface area contributed by atoms with Crippen LogP contribution in [0.2, 0.25) is 0 Å². The number of carbonyl (C=O) groups is 1. The quantitative estimate of drug-likeness (QED) is 0.895. The summed E-state index contributed by atoms with van der Waals surface area (Å²) in [5.74, 6) is 3.43. The fourth-order valence-electron chi connectivity index (χ4n) is 4.82. The van der Waals surface area contributed by atoms with Crippen LogP contribution in [0.1, 0.15) is 50.0 Å². The van der Waals surface area contributed by atoms with Crippen LogP contribution in [-0.2, 0) is 4.79 Å². The summed E-state index contributed by atoms with van der Waals surface area (Å²) < 4.78 is 0. The smallest absolute Gasteiger partial charge is 0.133 e. The average Bonchev–Trinajstić information content (AvgIpc) is 3.14. The predicted molar refractivity (Wildman–Crippen MR) is 80.9 cm³/mol. The Kier molecular flexibility index (Phi) is 3.05. The zero-order valence-corrected chi connectivity index (χ0v) is 12.0. The van der Waals surface area contributed by atoms with E-state index in [1.54, 1.807) is 0 Å². The van der Waals surface area contributed by atoms with Crippen molar-refractivity contribution in [2.24, 2.45) is 17.8 Å². The Morgan fingerprint density at radius 2 is 2.05 bits per heavy atom. The number of para-hydroxylation sites is 1. The van der Waals surface area contributed by atoms with Gasteiger partial charge in [-0.3, -0.25) is 4.79 Å². The van der Waals surface area contributed by atoms with E-state index in [0.29, 0.717) is 17.6 Å². The Morgan fingerprint density at radius 1 is 1.15 bits per heavy atom. The van der Waals surface area contributed by atoms with Gasteiger partial charge in [-0.05, 0) is 48.6 Å². The SMILES string of the molecule is O=C(CC1CNc2ccccc21)CC1CC2CCC1C2. The molecule has 4 rings (SSSR count). The molecule has 0 amide bonds. The van der Waals surface area contributed by atoms with Gasteiger partial charge in [-0.2, -0.15) is 0 Å². The molecule has 0 radical (unpaired) electrons. The third-order valence-electron chi connectivity index (χ3n) is 5.79. The zero-order valence-electron chi connectivity index (χ0n) is 12.0. The highest BCUT2D eigenvalue weighted by Crippen LogP contribution is 2.49. The maximum atomic E-state index is 12.4. The number of fused-ring (bicyclic) bond motifs is 3. The first-order chi connectivity index (χ1) is 9.79. The van der Waals surface area contributed by atoms with Crippen molar-refractivity contribution in [1.82, 2.24) is 0 Å². The van der Waals surface area contributed by atoms with Crippen LogP contribution in [0, 0.1) is 17.8 Å². The lowest BCUT2D eigenvalue weighted by Gasteiger charge is -2.21. The first kappa shape index (κ1) is 12.4. The van der Waals surface area contributed by atoms with Crippen molar-refractivity contribution >= 4 is 11.5 Å². The van der Waals surface area contributed by atoms with E-state index >= 15 is 0 Å². The van der Waals surface area contributed by atoms with Crippen LogP contribution in [0.4, 0.5) is 5.69 Å². The molecule has 106 valence electrons. The van der Waals surface area contributed by atoms with Gasteiger partial charge in [0.25, 0.3) is 0 Å². The third kappa shape index (κ3) is 2.15. The third-order valence-corrected chi connectivity index (χ3v) is 5.79. The van der Waals surface area contributed by atoms with Crippen LogP contribution in [0.5, 0.6) is 0 Å². The molecule has 2 heteroatoms. The summed E-state index contributed by atoms with van der Waals surface area (Å²) >= 11 is 0. The summed E-state index contributed by atoms with van der Waals surface area (Å²) in [5, 5.41) is 3.42. The van der Waals surface area contributed by atoms with E-state index in [0.717, 1.165) is 31.2 Å². The fraction of sp³-hybridized carbons (Fsp3) is 0.611. The zero-order chi connectivity index (χ0) is 13.5. The number of benzene rings is 1. The summed E-state index contributed by atoms with van der Waals surface area (Å²) in [4.78, 5) is 12.4. The second kappa shape index (κ2) is 4.91. The molecule has 0 saturated heterocycles. The van der Waals surface area contributed by atoms with Crippen LogP contribution in [0.3, 0.4) is 0 Å². The number of nitrogens with one attached hydrogen (secondary N) is 1. The number of rotatable bonds is 4. The maximum absolute atomic E-state index is 12.4. The minimum Gasteiger partial charge on any atom is -0.384 e. The van der Waals surface area contributed by atoms with E-state index in [9.17, 15) is 4.79 Å². The van der Waals surface area contributed by atoms with Gasteiger partial charge in [-0.25, -0.2) is 0 Å². The summed E-state index contributed by atoms with van der Waals surface area (Å²) in [6.07, 6.45) is 7.13. The molecule has 2 aliphatic carbocycles. The minimum absolute atomic E-state index is 0.400. The molecule has 2 saturated carbocycles. The van der Waals surface area contributed by atoms with Crippen molar-refractivity contribution < 1.29 is 4.79 Å². The molecule has 4 unspecified atom stereocenters. The largest absolute Gasteiger partial charge is 0.384 e. The molecule has 4 atom stereocenters.